The third-order valence-corrected chi connectivity index (χ3v) is 4.21. The largest absolute Gasteiger partial charge is 0.348 e. The number of benzene rings is 1. The van der Waals surface area contributed by atoms with Gasteiger partial charge in [-0.05, 0) is 43.4 Å². The lowest BCUT2D eigenvalue weighted by Gasteiger charge is -2.37. The molecule has 1 atom stereocenters. The molecule has 0 bridgehead atoms. The van der Waals surface area contributed by atoms with Crippen molar-refractivity contribution < 1.29 is 4.79 Å². The van der Waals surface area contributed by atoms with Crippen LogP contribution in [0, 0.1) is 0 Å². The van der Waals surface area contributed by atoms with E-state index in [4.69, 9.17) is 5.73 Å². The summed E-state index contributed by atoms with van der Waals surface area (Å²) in [5.74, 6) is -0.0106. The number of carbonyl (C=O) groups excluding carboxylic acids is 1. The van der Waals surface area contributed by atoms with Gasteiger partial charge in [0.2, 0.25) is 5.91 Å². The van der Waals surface area contributed by atoms with E-state index in [9.17, 15) is 4.79 Å². The van der Waals surface area contributed by atoms with Gasteiger partial charge in [0.15, 0.2) is 0 Å². The van der Waals surface area contributed by atoms with Crippen molar-refractivity contribution in [3.8, 4) is 0 Å². The Bertz CT molecular complexity index is 426. The van der Waals surface area contributed by atoms with Gasteiger partial charge in [-0.25, -0.2) is 0 Å². The van der Waals surface area contributed by atoms with E-state index in [0.717, 1.165) is 35.7 Å². The van der Waals surface area contributed by atoms with Crippen molar-refractivity contribution >= 4 is 21.8 Å². The van der Waals surface area contributed by atoms with Crippen LogP contribution in [0.5, 0.6) is 0 Å². The normalized spacial score (nSPS) is 18.8. The second-order valence-corrected chi connectivity index (χ2v) is 5.91. The predicted molar refractivity (Wildman–Crippen MR) is 76.1 cm³/mol. The highest BCUT2D eigenvalue weighted by Gasteiger charge is 2.40. The molecule has 0 heterocycles. The Balaban J connectivity index is 2.05. The quantitative estimate of drug-likeness (QED) is 0.898. The van der Waals surface area contributed by atoms with Crippen LogP contribution in [0.25, 0.3) is 0 Å². The van der Waals surface area contributed by atoms with Crippen LogP contribution in [-0.4, -0.2) is 11.4 Å². The van der Waals surface area contributed by atoms with E-state index in [-0.39, 0.29) is 11.9 Å². The highest BCUT2D eigenvalue weighted by atomic mass is 79.9. The van der Waals surface area contributed by atoms with Crippen LogP contribution in [0.15, 0.2) is 28.7 Å². The van der Waals surface area contributed by atoms with E-state index in [1.165, 1.54) is 0 Å². The smallest absolute Gasteiger partial charge is 0.240 e. The minimum Gasteiger partial charge on any atom is -0.348 e. The van der Waals surface area contributed by atoms with E-state index in [1.807, 2.05) is 24.3 Å². The van der Waals surface area contributed by atoms with Crippen LogP contribution in [0.1, 0.15) is 44.2 Å². The lowest BCUT2D eigenvalue weighted by Crippen LogP contribution is -2.58. The molecule has 3 N–H and O–H groups in total. The molecule has 2 rings (SSSR count). The fraction of sp³-hybridized carbons (Fsp3) is 0.500. The molecule has 98 valence electrons. The lowest BCUT2D eigenvalue weighted by molar-refractivity contribution is -0.130. The van der Waals surface area contributed by atoms with Gasteiger partial charge in [0.1, 0.15) is 0 Å². The zero-order valence-electron chi connectivity index (χ0n) is 10.6. The van der Waals surface area contributed by atoms with Gasteiger partial charge < -0.3 is 11.1 Å². The SMILES string of the molecule is CCC(NC(=O)C1(N)CCC1)c1ccc(Br)cc1. The first kappa shape index (κ1) is 13.6. The van der Waals surface area contributed by atoms with E-state index in [0.29, 0.717) is 0 Å². The molecule has 1 fully saturated rings. The minimum atomic E-state index is -0.622. The number of amides is 1. The molecule has 4 heteroatoms. The molecule has 0 saturated heterocycles. The van der Waals surface area contributed by atoms with Gasteiger partial charge in [0.25, 0.3) is 0 Å². The number of hydrogen-bond acceptors (Lipinski definition) is 2. The molecule has 3 nitrogen and oxygen atoms in total. The topological polar surface area (TPSA) is 55.1 Å². The molecule has 1 aromatic carbocycles. The average Bonchev–Trinajstić information content (AvgIpc) is 2.34. The average molecular weight is 311 g/mol. The van der Waals surface area contributed by atoms with Crippen molar-refractivity contribution in [2.75, 3.05) is 0 Å². The fourth-order valence-corrected chi connectivity index (χ4v) is 2.47. The number of nitrogens with one attached hydrogen (secondary N) is 1. The van der Waals surface area contributed by atoms with Gasteiger partial charge in [-0.1, -0.05) is 35.0 Å². The third-order valence-electron chi connectivity index (χ3n) is 3.68. The van der Waals surface area contributed by atoms with Crippen LogP contribution < -0.4 is 11.1 Å². The van der Waals surface area contributed by atoms with Crippen LogP contribution in [0.2, 0.25) is 0 Å². The minimum absolute atomic E-state index is 0.0106. The Morgan fingerprint density at radius 2 is 2.06 bits per heavy atom. The summed E-state index contributed by atoms with van der Waals surface area (Å²) >= 11 is 3.41. The maximum absolute atomic E-state index is 12.1. The Morgan fingerprint density at radius 3 is 2.50 bits per heavy atom. The summed E-state index contributed by atoms with van der Waals surface area (Å²) in [6.07, 6.45) is 3.52. The van der Waals surface area contributed by atoms with Gasteiger partial charge in [-0.3, -0.25) is 4.79 Å². The first-order valence-corrected chi connectivity index (χ1v) is 7.20. The number of rotatable bonds is 4. The number of halogens is 1. The summed E-state index contributed by atoms with van der Waals surface area (Å²) in [6.45, 7) is 2.07. The predicted octanol–water partition coefficient (Wildman–Crippen LogP) is 2.90. The number of hydrogen-bond donors (Lipinski definition) is 2. The van der Waals surface area contributed by atoms with E-state index in [1.54, 1.807) is 0 Å². The molecule has 18 heavy (non-hydrogen) atoms. The second-order valence-electron chi connectivity index (χ2n) is 5.00. The third kappa shape index (κ3) is 2.75. The van der Waals surface area contributed by atoms with Crippen molar-refractivity contribution in [1.29, 1.82) is 0 Å². The van der Waals surface area contributed by atoms with Gasteiger partial charge in [0, 0.05) is 4.47 Å². The monoisotopic (exact) mass is 310 g/mol. The Kier molecular flexibility index (Phi) is 4.07. The maximum atomic E-state index is 12.1. The highest BCUT2D eigenvalue weighted by molar-refractivity contribution is 9.10. The molecule has 1 aromatic rings. The van der Waals surface area contributed by atoms with Crippen LogP contribution in [-0.2, 0) is 4.79 Å². The molecule has 1 aliphatic carbocycles. The van der Waals surface area contributed by atoms with Crippen LogP contribution in [0.4, 0.5) is 0 Å². The molecule has 1 aliphatic rings. The van der Waals surface area contributed by atoms with Crippen molar-refractivity contribution in [2.24, 2.45) is 5.73 Å². The zero-order chi connectivity index (χ0) is 13.2. The van der Waals surface area contributed by atoms with Gasteiger partial charge in [0.05, 0.1) is 11.6 Å². The van der Waals surface area contributed by atoms with Crippen LogP contribution in [0.3, 0.4) is 0 Å². The molecule has 1 saturated carbocycles. The summed E-state index contributed by atoms with van der Waals surface area (Å²) in [5.41, 5.74) is 6.53. The molecule has 0 spiro atoms. The molecular weight excluding hydrogens is 292 g/mol. The van der Waals surface area contributed by atoms with Gasteiger partial charge in [-0.2, -0.15) is 0 Å². The Morgan fingerprint density at radius 1 is 1.44 bits per heavy atom. The molecule has 0 aromatic heterocycles. The standard InChI is InChI=1S/C14H19BrN2O/c1-2-12(10-4-6-11(15)7-5-10)17-13(18)14(16)8-3-9-14/h4-7,12H,2-3,8-9,16H2,1H3,(H,17,18). The molecular formula is C14H19BrN2O. The number of carbonyl (C=O) groups is 1. The van der Waals surface area contributed by atoms with E-state index >= 15 is 0 Å². The van der Waals surface area contributed by atoms with Crippen molar-refractivity contribution in [3.63, 3.8) is 0 Å². The highest BCUT2D eigenvalue weighted by Crippen LogP contribution is 2.30. The maximum Gasteiger partial charge on any atom is 0.240 e. The van der Waals surface area contributed by atoms with Crippen molar-refractivity contribution in [1.82, 2.24) is 5.32 Å². The summed E-state index contributed by atoms with van der Waals surface area (Å²) < 4.78 is 1.04. The first-order chi connectivity index (χ1) is 8.55. The molecule has 0 radical (unpaired) electrons. The Hall–Kier alpha value is -0.870. The first-order valence-electron chi connectivity index (χ1n) is 6.40. The van der Waals surface area contributed by atoms with Crippen molar-refractivity contribution in [2.45, 2.75) is 44.2 Å². The lowest BCUT2D eigenvalue weighted by atomic mass is 9.77. The van der Waals surface area contributed by atoms with Gasteiger partial charge in [-0.15, -0.1) is 0 Å². The fourth-order valence-electron chi connectivity index (χ4n) is 2.20. The number of nitrogens with two attached hydrogens (primary N) is 1. The summed E-state index contributed by atoms with van der Waals surface area (Å²) in [4.78, 5) is 12.1. The van der Waals surface area contributed by atoms with Crippen LogP contribution >= 0.6 is 15.9 Å². The van der Waals surface area contributed by atoms with E-state index < -0.39 is 5.54 Å². The summed E-state index contributed by atoms with van der Waals surface area (Å²) in [5, 5.41) is 3.07. The van der Waals surface area contributed by atoms with Crippen molar-refractivity contribution in [3.05, 3.63) is 34.3 Å². The summed E-state index contributed by atoms with van der Waals surface area (Å²) in [6, 6.07) is 8.09. The molecule has 1 unspecified atom stereocenters. The molecule has 0 aliphatic heterocycles. The van der Waals surface area contributed by atoms with E-state index in [2.05, 4.69) is 28.2 Å². The van der Waals surface area contributed by atoms with Gasteiger partial charge >= 0.3 is 0 Å². The molecule has 1 amide bonds. The Labute approximate surface area is 116 Å². The summed E-state index contributed by atoms with van der Waals surface area (Å²) in [7, 11) is 0. The second kappa shape index (κ2) is 5.41. The zero-order valence-corrected chi connectivity index (χ0v) is 12.2.